The van der Waals surface area contributed by atoms with E-state index in [-0.39, 0.29) is 36.6 Å². The molecule has 12 nitrogen and oxygen atoms in total. The van der Waals surface area contributed by atoms with E-state index >= 15 is 0 Å². The summed E-state index contributed by atoms with van der Waals surface area (Å²) in [5.41, 5.74) is 0. The number of hydrogen-bond donors (Lipinski definition) is 4. The third-order valence-corrected chi connectivity index (χ3v) is 11.4. The first kappa shape index (κ1) is 63.1. The average Bonchev–Trinajstić information content (AvgIpc) is 3.23. The number of carbonyl (C=O) groups is 6. The molecule has 0 amide bonds. The highest BCUT2D eigenvalue weighted by molar-refractivity contribution is 5.71. The van der Waals surface area contributed by atoms with Crippen molar-refractivity contribution in [2.45, 2.75) is 247 Å². The van der Waals surface area contributed by atoms with Crippen molar-refractivity contribution in [3.05, 3.63) is 0 Å². The Kier molecular flexibility index (Phi) is 48.1. The van der Waals surface area contributed by atoms with Gasteiger partial charge in [0.25, 0.3) is 0 Å². The van der Waals surface area contributed by atoms with Crippen LogP contribution in [0.5, 0.6) is 0 Å². The van der Waals surface area contributed by atoms with Crippen molar-refractivity contribution >= 4 is 35.8 Å². The average molecular weight is 887 g/mol. The summed E-state index contributed by atoms with van der Waals surface area (Å²) < 4.78 is 10.4. The molecule has 0 heterocycles. The number of esters is 2. The third kappa shape index (κ3) is 46.3. The topological polar surface area (TPSA) is 202 Å². The van der Waals surface area contributed by atoms with E-state index in [2.05, 4.69) is 41.5 Å². The van der Waals surface area contributed by atoms with Gasteiger partial charge in [-0.2, -0.15) is 0 Å². The van der Waals surface area contributed by atoms with E-state index in [1.54, 1.807) is 0 Å². The van der Waals surface area contributed by atoms with Crippen LogP contribution in [0.3, 0.4) is 0 Å². The van der Waals surface area contributed by atoms with Crippen LogP contribution in [-0.2, 0) is 38.2 Å². The lowest BCUT2D eigenvalue weighted by Gasteiger charge is -2.19. The van der Waals surface area contributed by atoms with E-state index in [4.69, 9.17) is 29.9 Å². The summed E-state index contributed by atoms with van der Waals surface area (Å²) in [5.74, 6) is -3.40. The smallest absolute Gasteiger partial charge is 0.306 e. The molecule has 0 saturated carbocycles. The van der Waals surface area contributed by atoms with Crippen molar-refractivity contribution in [1.82, 2.24) is 0 Å². The van der Waals surface area contributed by atoms with E-state index in [1.165, 1.54) is 51.4 Å². The second-order valence-corrected chi connectivity index (χ2v) is 17.1. The number of carboxylic acid groups (broad SMARTS) is 4. The van der Waals surface area contributed by atoms with Crippen LogP contribution >= 0.6 is 0 Å². The first-order valence-corrected chi connectivity index (χ1v) is 24.9. The summed E-state index contributed by atoms with van der Waals surface area (Å²) >= 11 is 0. The normalized spacial score (nSPS) is 12.7. The van der Waals surface area contributed by atoms with Crippen LogP contribution in [0.15, 0.2) is 0 Å². The van der Waals surface area contributed by atoms with Gasteiger partial charge in [0.1, 0.15) is 0 Å². The Hall–Kier alpha value is -3.18. The number of unbranched alkanes of at least 4 members (excludes halogenated alkanes) is 13. The maximum absolute atomic E-state index is 11.6. The standard InChI is InChI=1S/C22H42O4.2C14H26O4/c1-3-5-7-9-11-15-19-25-21(23)17-13-14-18-22(24)26-20-16-12-10-8-6-4-2;2*1-3-5-7-11(4-2)10-12(14(17)18)8-6-9-13(15)16/h3-20H2,1-2H3;2*11-12H,3-10H2,1-2H3,(H,15,16)(H,17,18). The van der Waals surface area contributed by atoms with E-state index in [0.29, 0.717) is 89.3 Å². The second-order valence-electron chi connectivity index (χ2n) is 17.1. The number of rotatable bonds is 41. The molecule has 4 unspecified atom stereocenters. The van der Waals surface area contributed by atoms with Crippen LogP contribution in [0.4, 0.5) is 0 Å². The van der Waals surface area contributed by atoms with Crippen LogP contribution in [0.2, 0.25) is 0 Å². The zero-order valence-electron chi connectivity index (χ0n) is 40.4. The Morgan fingerprint density at radius 2 is 0.694 bits per heavy atom. The van der Waals surface area contributed by atoms with Crippen LogP contribution in [0.1, 0.15) is 247 Å². The Balaban J connectivity index is -0.000000866. The lowest BCUT2D eigenvalue weighted by atomic mass is 9.86. The van der Waals surface area contributed by atoms with Gasteiger partial charge in [0.15, 0.2) is 0 Å². The summed E-state index contributed by atoms with van der Waals surface area (Å²) in [6.07, 6.45) is 28.6. The van der Waals surface area contributed by atoms with Crippen molar-refractivity contribution < 1.29 is 58.7 Å². The molecule has 0 bridgehead atoms. The van der Waals surface area contributed by atoms with Gasteiger partial charge in [-0.05, 0) is 76.0 Å². The lowest BCUT2D eigenvalue weighted by molar-refractivity contribution is -0.146. The SMILES string of the molecule is CCCCC(CC)CC(CCCC(=O)O)C(=O)O.CCCCC(CC)CC(CCCC(=O)O)C(=O)O.CCCCCCCCOC(=O)CCCCC(=O)OCCCCCCCC. The molecule has 0 aromatic rings. The summed E-state index contributed by atoms with van der Waals surface area (Å²) in [5, 5.41) is 35.4. The Morgan fingerprint density at radius 1 is 0.371 bits per heavy atom. The van der Waals surface area contributed by atoms with Crippen LogP contribution in [0.25, 0.3) is 0 Å². The molecule has 0 fully saturated rings. The summed E-state index contributed by atoms with van der Waals surface area (Å²) in [6, 6.07) is 0. The minimum atomic E-state index is -0.850. The molecule has 0 radical (unpaired) electrons. The molecule has 0 aromatic heterocycles. The molecule has 0 aromatic carbocycles. The minimum absolute atomic E-state index is 0.0650. The van der Waals surface area contributed by atoms with Crippen molar-refractivity contribution in [3.8, 4) is 0 Å². The Morgan fingerprint density at radius 3 is 0.984 bits per heavy atom. The van der Waals surface area contributed by atoms with E-state index in [0.717, 1.165) is 77.0 Å². The highest BCUT2D eigenvalue weighted by Crippen LogP contribution is 2.26. The molecular formula is C50H94O12. The largest absolute Gasteiger partial charge is 0.481 e. The fraction of sp³-hybridized carbons (Fsp3) is 0.880. The monoisotopic (exact) mass is 887 g/mol. The molecule has 366 valence electrons. The van der Waals surface area contributed by atoms with Gasteiger partial charge in [0, 0.05) is 25.7 Å². The van der Waals surface area contributed by atoms with E-state index < -0.39 is 23.9 Å². The number of carboxylic acids is 4. The maximum Gasteiger partial charge on any atom is 0.306 e. The van der Waals surface area contributed by atoms with E-state index in [9.17, 15) is 28.8 Å². The van der Waals surface area contributed by atoms with Gasteiger partial charge in [-0.3, -0.25) is 28.8 Å². The molecular weight excluding hydrogens is 793 g/mol. The van der Waals surface area contributed by atoms with Gasteiger partial charge in [0.2, 0.25) is 0 Å². The fourth-order valence-corrected chi connectivity index (χ4v) is 7.27. The number of aliphatic carboxylic acids is 4. The Labute approximate surface area is 377 Å². The molecule has 0 spiro atoms. The van der Waals surface area contributed by atoms with Gasteiger partial charge in [-0.25, -0.2) is 0 Å². The first-order valence-electron chi connectivity index (χ1n) is 24.9. The second kappa shape index (κ2) is 47.3. The van der Waals surface area contributed by atoms with Gasteiger partial charge in [-0.15, -0.1) is 0 Å². The summed E-state index contributed by atoms with van der Waals surface area (Å²) in [4.78, 5) is 66.4. The van der Waals surface area contributed by atoms with Crippen LogP contribution in [-0.4, -0.2) is 69.5 Å². The predicted molar refractivity (Wildman–Crippen MR) is 248 cm³/mol. The van der Waals surface area contributed by atoms with Crippen molar-refractivity contribution in [3.63, 3.8) is 0 Å². The number of hydrogen-bond acceptors (Lipinski definition) is 8. The van der Waals surface area contributed by atoms with Crippen LogP contribution < -0.4 is 0 Å². The number of carbonyl (C=O) groups excluding carboxylic acids is 2. The molecule has 0 aliphatic heterocycles. The van der Waals surface area contributed by atoms with Gasteiger partial charge in [0.05, 0.1) is 25.0 Å². The highest BCUT2D eigenvalue weighted by atomic mass is 16.5. The maximum atomic E-state index is 11.6. The molecule has 0 aliphatic carbocycles. The lowest BCUT2D eigenvalue weighted by Crippen LogP contribution is -2.18. The Bertz CT molecular complexity index is 1010. The van der Waals surface area contributed by atoms with Crippen molar-refractivity contribution in [2.75, 3.05) is 13.2 Å². The molecule has 4 atom stereocenters. The van der Waals surface area contributed by atoms with Crippen LogP contribution in [0, 0.1) is 23.7 Å². The molecule has 0 rings (SSSR count). The highest BCUT2D eigenvalue weighted by Gasteiger charge is 2.23. The van der Waals surface area contributed by atoms with Crippen molar-refractivity contribution in [2.24, 2.45) is 23.7 Å². The van der Waals surface area contributed by atoms with Crippen molar-refractivity contribution in [1.29, 1.82) is 0 Å². The number of ether oxygens (including phenoxy) is 2. The molecule has 0 aliphatic rings. The molecule has 4 N–H and O–H groups in total. The zero-order chi connectivity index (χ0) is 47.2. The minimum Gasteiger partial charge on any atom is -0.481 e. The molecule has 12 heteroatoms. The predicted octanol–water partition coefficient (Wildman–Crippen LogP) is 13.5. The first-order chi connectivity index (χ1) is 29.7. The quantitative estimate of drug-likeness (QED) is 0.0335. The van der Waals surface area contributed by atoms with Gasteiger partial charge in [-0.1, -0.05) is 157 Å². The van der Waals surface area contributed by atoms with E-state index in [1.807, 2.05) is 0 Å². The molecule has 0 saturated heterocycles. The zero-order valence-corrected chi connectivity index (χ0v) is 40.4. The van der Waals surface area contributed by atoms with Gasteiger partial charge < -0.3 is 29.9 Å². The summed E-state index contributed by atoms with van der Waals surface area (Å²) in [6.45, 7) is 13.9. The van der Waals surface area contributed by atoms with Gasteiger partial charge >= 0.3 is 35.8 Å². The fourth-order valence-electron chi connectivity index (χ4n) is 7.27. The summed E-state index contributed by atoms with van der Waals surface area (Å²) in [7, 11) is 0. The molecule has 62 heavy (non-hydrogen) atoms. The third-order valence-electron chi connectivity index (χ3n) is 11.4.